The predicted molar refractivity (Wildman–Crippen MR) is 150 cm³/mol. The predicted octanol–water partition coefficient (Wildman–Crippen LogP) is 5.86. The number of halogens is 1. The number of hydrogen-bond acceptors (Lipinski definition) is 5. The maximum atomic E-state index is 11.6. The zero-order valence-electron chi connectivity index (χ0n) is 24.4. The minimum Gasteiger partial charge on any atom is -1.00 e. The fourth-order valence-electron chi connectivity index (χ4n) is 4.84. The van der Waals surface area contributed by atoms with E-state index < -0.39 is 15.5 Å². The number of nitrogens with zero attached hydrogens (tertiary/aromatic N) is 2. The Hall–Kier alpha value is -1.74. The number of phenolic OH excluding ortho intramolecular Hbond substituents is 1. The summed E-state index contributed by atoms with van der Waals surface area (Å²) in [6, 6.07) is 17.4. The van der Waals surface area contributed by atoms with Gasteiger partial charge in [0.25, 0.3) is 10.1 Å². The van der Waals surface area contributed by atoms with E-state index in [0.29, 0.717) is 5.56 Å². The minimum absolute atomic E-state index is 0. The van der Waals surface area contributed by atoms with Gasteiger partial charge in [-0.25, -0.2) is 0 Å². The van der Waals surface area contributed by atoms with Crippen molar-refractivity contribution in [3.63, 3.8) is 0 Å². The molecule has 0 atom stereocenters. The molecule has 0 bridgehead atoms. The van der Waals surface area contributed by atoms with Crippen LogP contribution in [0.1, 0.15) is 73.0 Å². The molecule has 0 aromatic heterocycles. The third-order valence-electron chi connectivity index (χ3n) is 6.49. The normalized spacial score (nSPS) is 13.0. The van der Waals surface area contributed by atoms with Gasteiger partial charge in [0.2, 0.25) is 0 Å². The molecule has 0 unspecified atom stereocenters. The first-order valence-corrected chi connectivity index (χ1v) is 13.9. The third kappa shape index (κ3) is 7.68. The van der Waals surface area contributed by atoms with Crippen LogP contribution in [0, 0.1) is 5.41 Å². The summed E-state index contributed by atoms with van der Waals surface area (Å²) in [6.45, 7) is 15.0. The van der Waals surface area contributed by atoms with Gasteiger partial charge < -0.3 is 6.53 Å². The van der Waals surface area contributed by atoms with E-state index in [4.69, 9.17) is 11.6 Å². The summed E-state index contributed by atoms with van der Waals surface area (Å²) in [5.41, 5.74) is 2.28. The summed E-state index contributed by atoms with van der Waals surface area (Å²) in [5.74, 6) is -0.0185. The molecule has 0 radical (unpaired) electrons. The van der Waals surface area contributed by atoms with E-state index in [9.17, 15) is 18.1 Å². The standard InChI is InChI=1S/C29H35ClN2O4S.Na.H/c1-27(2,3)18-28(4,5)20-15-22(29(6,7)19-11-9-8-10-12-19)26(33)25(16-20)32-31-24-17-21(37(34,35)36)13-14-23(24)30;;/h8-17,33H,18H2,1-7H3,(H,34,35,36);;/q;+1;-1. The molecular weight excluding hydrogens is 531 g/mol. The molecule has 3 aromatic rings. The number of rotatable bonds is 7. The van der Waals surface area contributed by atoms with Gasteiger partial charge in [0.05, 0.1) is 9.92 Å². The van der Waals surface area contributed by atoms with Crippen molar-refractivity contribution in [2.45, 2.75) is 70.6 Å². The SMILES string of the molecule is CC(C)(C)CC(C)(C)c1cc(N=Nc2cc(S(=O)(=O)O)ccc2Cl)c(O)c(C(C)(C)c2ccccc2)c1.[H-].[Na+]. The van der Waals surface area contributed by atoms with Crippen molar-refractivity contribution in [1.82, 2.24) is 0 Å². The molecule has 0 saturated heterocycles. The van der Waals surface area contributed by atoms with E-state index in [1.165, 1.54) is 12.1 Å². The van der Waals surface area contributed by atoms with Crippen molar-refractivity contribution in [3.05, 3.63) is 82.4 Å². The largest absolute Gasteiger partial charge is 1.00 e. The quantitative estimate of drug-likeness (QED) is 0.212. The maximum absolute atomic E-state index is 11.6. The Bertz CT molecular complexity index is 1440. The van der Waals surface area contributed by atoms with Crippen LogP contribution in [0.3, 0.4) is 0 Å². The van der Waals surface area contributed by atoms with E-state index in [2.05, 4.69) is 44.8 Å². The Morgan fingerprint density at radius 1 is 0.842 bits per heavy atom. The summed E-state index contributed by atoms with van der Waals surface area (Å²) >= 11 is 6.22. The van der Waals surface area contributed by atoms with Crippen LogP contribution in [0.5, 0.6) is 5.75 Å². The molecule has 0 aliphatic carbocycles. The van der Waals surface area contributed by atoms with Crippen molar-refractivity contribution in [2.75, 3.05) is 0 Å². The van der Waals surface area contributed by atoms with E-state index in [1.807, 2.05) is 56.3 Å². The third-order valence-corrected chi connectivity index (χ3v) is 7.66. The molecule has 3 aromatic carbocycles. The van der Waals surface area contributed by atoms with Gasteiger partial charge in [-0.15, -0.1) is 10.2 Å². The number of benzene rings is 3. The maximum Gasteiger partial charge on any atom is 1.00 e. The second kappa shape index (κ2) is 11.8. The molecule has 0 amide bonds. The fourth-order valence-corrected chi connectivity index (χ4v) is 5.49. The van der Waals surface area contributed by atoms with Crippen LogP contribution in [0.15, 0.2) is 75.8 Å². The van der Waals surface area contributed by atoms with E-state index in [1.54, 1.807) is 0 Å². The number of phenols is 1. The second-order valence-corrected chi connectivity index (χ2v) is 13.6. The summed E-state index contributed by atoms with van der Waals surface area (Å²) in [4.78, 5) is -0.346. The Morgan fingerprint density at radius 2 is 1.42 bits per heavy atom. The van der Waals surface area contributed by atoms with Gasteiger partial charge in [0, 0.05) is 11.0 Å². The number of aromatic hydroxyl groups is 1. The van der Waals surface area contributed by atoms with Gasteiger partial charge in [-0.05, 0) is 52.6 Å². The average molecular weight is 567 g/mol. The van der Waals surface area contributed by atoms with Crippen LogP contribution < -0.4 is 29.6 Å². The second-order valence-electron chi connectivity index (χ2n) is 11.8. The zero-order valence-corrected chi connectivity index (χ0v) is 26.9. The molecule has 0 spiro atoms. The van der Waals surface area contributed by atoms with Crippen LogP contribution in [-0.2, 0) is 20.9 Å². The van der Waals surface area contributed by atoms with Crippen molar-refractivity contribution in [3.8, 4) is 5.75 Å². The van der Waals surface area contributed by atoms with Gasteiger partial charge in [0.1, 0.15) is 17.1 Å². The monoisotopic (exact) mass is 566 g/mol. The average Bonchev–Trinajstić information content (AvgIpc) is 2.77. The van der Waals surface area contributed by atoms with E-state index >= 15 is 0 Å². The van der Waals surface area contributed by atoms with E-state index in [-0.39, 0.29) is 68.9 Å². The van der Waals surface area contributed by atoms with Crippen LogP contribution in [0.4, 0.5) is 11.4 Å². The summed E-state index contributed by atoms with van der Waals surface area (Å²) < 4.78 is 32.6. The van der Waals surface area contributed by atoms with Gasteiger partial charge in [-0.1, -0.05) is 96.5 Å². The van der Waals surface area contributed by atoms with Crippen molar-refractivity contribution in [2.24, 2.45) is 15.6 Å². The molecule has 0 aliphatic rings. The Labute approximate surface area is 255 Å². The molecule has 0 aliphatic heterocycles. The Kier molecular flexibility index (Phi) is 10.1. The molecule has 200 valence electrons. The molecule has 38 heavy (non-hydrogen) atoms. The zero-order chi connectivity index (χ0) is 27.8. The van der Waals surface area contributed by atoms with Crippen molar-refractivity contribution >= 4 is 33.1 Å². The van der Waals surface area contributed by atoms with Gasteiger partial charge in [-0.3, -0.25) is 4.55 Å². The van der Waals surface area contributed by atoms with Crippen LogP contribution in [0.2, 0.25) is 5.02 Å². The topological polar surface area (TPSA) is 99.3 Å². The molecule has 0 saturated carbocycles. The van der Waals surface area contributed by atoms with E-state index in [0.717, 1.165) is 23.6 Å². The fraction of sp³-hybridized carbons (Fsp3) is 0.379. The van der Waals surface area contributed by atoms with Crippen LogP contribution in [-0.4, -0.2) is 18.1 Å². The Balaban J connectivity index is 0.00000380. The molecule has 9 heteroatoms. The first-order chi connectivity index (χ1) is 16.9. The smallest absolute Gasteiger partial charge is 1.00 e. The minimum atomic E-state index is -4.44. The molecule has 0 fully saturated rings. The summed E-state index contributed by atoms with van der Waals surface area (Å²) in [5, 5.41) is 20.0. The molecule has 6 nitrogen and oxygen atoms in total. The first kappa shape index (κ1) is 32.5. The van der Waals surface area contributed by atoms with Gasteiger partial charge in [0.15, 0.2) is 0 Å². The molecule has 0 heterocycles. The van der Waals surface area contributed by atoms with Crippen LogP contribution >= 0.6 is 11.6 Å². The summed E-state index contributed by atoms with van der Waals surface area (Å²) in [6.07, 6.45) is 0.884. The number of azo groups is 1. The molecule has 2 N–H and O–H groups in total. The van der Waals surface area contributed by atoms with Crippen molar-refractivity contribution < 1.29 is 49.1 Å². The number of hydrogen-bond donors (Lipinski definition) is 2. The Morgan fingerprint density at radius 3 is 1.97 bits per heavy atom. The molecular formula is C29H36ClN2NaO4S. The molecule has 3 rings (SSSR count). The van der Waals surface area contributed by atoms with Gasteiger partial charge >= 0.3 is 29.6 Å². The van der Waals surface area contributed by atoms with Crippen molar-refractivity contribution in [1.29, 1.82) is 0 Å². The first-order valence-electron chi connectivity index (χ1n) is 12.0. The summed E-state index contributed by atoms with van der Waals surface area (Å²) in [7, 11) is -4.44. The van der Waals surface area contributed by atoms with Gasteiger partial charge in [-0.2, -0.15) is 8.42 Å². The van der Waals surface area contributed by atoms with Crippen LogP contribution in [0.25, 0.3) is 0 Å².